The van der Waals surface area contributed by atoms with Crippen LogP contribution in [0.5, 0.6) is 0 Å². The Balaban J connectivity index is 1.49. The van der Waals surface area contributed by atoms with Gasteiger partial charge in [-0.05, 0) is 67.3 Å². The molecule has 0 aliphatic carbocycles. The summed E-state index contributed by atoms with van der Waals surface area (Å²) in [6.45, 7) is 7.48. The van der Waals surface area contributed by atoms with Gasteiger partial charge >= 0.3 is 23.9 Å². The smallest absolute Gasteiger partial charge is 0.338 e. The maximum absolute atomic E-state index is 13.8. The lowest BCUT2D eigenvalue weighted by Gasteiger charge is -2.44. The van der Waals surface area contributed by atoms with Crippen LogP contribution < -0.4 is 0 Å². The van der Waals surface area contributed by atoms with E-state index in [-0.39, 0.29) is 40.6 Å². The molecular formula is C45H48O11. The Bertz CT molecular complexity index is 1900. The first-order valence-corrected chi connectivity index (χ1v) is 18.8. The summed E-state index contributed by atoms with van der Waals surface area (Å²) in [6, 6.07) is 32.8. The maximum atomic E-state index is 13.8. The molecule has 5 rings (SSSR count). The summed E-state index contributed by atoms with van der Waals surface area (Å²) >= 11 is 0. The van der Waals surface area contributed by atoms with Crippen LogP contribution in [0, 0.1) is 11.3 Å². The van der Waals surface area contributed by atoms with Crippen LogP contribution in [-0.2, 0) is 33.2 Å². The van der Waals surface area contributed by atoms with Gasteiger partial charge in [0.1, 0.15) is 18.5 Å². The Kier molecular flexibility index (Phi) is 14.7. The third-order valence-corrected chi connectivity index (χ3v) is 9.98. The molecule has 5 atom stereocenters. The van der Waals surface area contributed by atoms with E-state index in [1.165, 1.54) is 0 Å². The number of ketones is 1. The van der Waals surface area contributed by atoms with Crippen LogP contribution in [0.25, 0.3) is 0 Å². The van der Waals surface area contributed by atoms with Gasteiger partial charge < -0.3 is 28.4 Å². The molecule has 1 fully saturated rings. The van der Waals surface area contributed by atoms with Crippen LogP contribution >= 0.6 is 0 Å². The van der Waals surface area contributed by atoms with Crippen molar-refractivity contribution in [1.29, 1.82) is 0 Å². The first-order valence-electron chi connectivity index (χ1n) is 18.8. The number of ether oxygens (including phenoxy) is 6. The lowest BCUT2D eigenvalue weighted by molar-refractivity contribution is -0.298. The number of hydrogen-bond acceptors (Lipinski definition) is 11. The molecule has 1 heterocycles. The predicted octanol–water partition coefficient (Wildman–Crippen LogP) is 7.68. The van der Waals surface area contributed by atoms with Crippen LogP contribution in [0.2, 0.25) is 0 Å². The second-order valence-corrected chi connectivity index (χ2v) is 14.3. The predicted molar refractivity (Wildman–Crippen MR) is 206 cm³/mol. The van der Waals surface area contributed by atoms with Gasteiger partial charge in [-0.1, -0.05) is 100 Å². The molecule has 4 aromatic carbocycles. The number of unbranched alkanes of at least 4 members (excludes halogenated alkanes) is 1. The van der Waals surface area contributed by atoms with Gasteiger partial charge in [0.2, 0.25) is 0 Å². The lowest BCUT2D eigenvalue weighted by atomic mass is 9.76. The minimum Gasteiger partial charge on any atom is -0.459 e. The van der Waals surface area contributed by atoms with Crippen molar-refractivity contribution in [2.45, 2.75) is 77.7 Å². The van der Waals surface area contributed by atoms with Crippen LogP contribution in [0.4, 0.5) is 0 Å². The van der Waals surface area contributed by atoms with Crippen LogP contribution in [-0.4, -0.2) is 73.6 Å². The van der Waals surface area contributed by atoms with E-state index in [0.29, 0.717) is 19.3 Å². The number of carbonyl (C=O) groups excluding carboxylic acids is 5. The molecule has 0 bridgehead atoms. The molecule has 0 aromatic heterocycles. The molecule has 0 amide bonds. The van der Waals surface area contributed by atoms with Gasteiger partial charge in [0.15, 0.2) is 24.6 Å². The van der Waals surface area contributed by atoms with Crippen molar-refractivity contribution in [1.82, 2.24) is 0 Å². The summed E-state index contributed by atoms with van der Waals surface area (Å²) in [5, 5.41) is 0. The monoisotopic (exact) mass is 764 g/mol. The zero-order chi connectivity index (χ0) is 40.1. The van der Waals surface area contributed by atoms with Gasteiger partial charge in [-0.2, -0.15) is 0 Å². The molecule has 1 saturated heterocycles. The Labute approximate surface area is 327 Å². The molecular weight excluding hydrogens is 716 g/mol. The third kappa shape index (κ3) is 11.0. The number of esters is 4. The molecule has 0 saturated carbocycles. The molecule has 0 N–H and O–H groups in total. The van der Waals surface area contributed by atoms with Crippen LogP contribution in [0.15, 0.2) is 121 Å². The highest BCUT2D eigenvalue weighted by Gasteiger charge is 2.53. The van der Waals surface area contributed by atoms with Crippen molar-refractivity contribution in [2.75, 3.05) is 13.2 Å². The first-order chi connectivity index (χ1) is 27.0. The zero-order valence-corrected chi connectivity index (χ0v) is 32.0. The van der Waals surface area contributed by atoms with Crippen LogP contribution in [0.1, 0.15) is 88.4 Å². The summed E-state index contributed by atoms with van der Waals surface area (Å²) in [6.07, 6.45) is -5.85. The minimum atomic E-state index is -1.52. The van der Waals surface area contributed by atoms with Crippen molar-refractivity contribution >= 4 is 29.7 Å². The summed E-state index contributed by atoms with van der Waals surface area (Å²) in [5.41, 5.74) is 0.343. The number of Topliss-reactive ketones (excluding diaryl/α,β-unsaturated/α-hetero) is 1. The molecule has 11 heteroatoms. The summed E-state index contributed by atoms with van der Waals surface area (Å²) in [4.78, 5) is 67.2. The topological polar surface area (TPSA) is 141 Å². The fourth-order valence-corrected chi connectivity index (χ4v) is 5.89. The second-order valence-electron chi connectivity index (χ2n) is 14.3. The highest BCUT2D eigenvalue weighted by Crippen LogP contribution is 2.33. The van der Waals surface area contributed by atoms with Gasteiger partial charge in [0.25, 0.3) is 0 Å². The number of rotatable bonds is 17. The van der Waals surface area contributed by atoms with Gasteiger partial charge in [0.05, 0.1) is 22.3 Å². The molecule has 1 aliphatic rings. The standard InChI is InChI=1S/C45H48O11/c1-30(2)45(3,4)36(46)27-17-18-28-51-44-39(56-43(50)34-25-15-8-16-26-34)38(55-42(49)33-23-13-7-14-24-33)37(54-41(48)32-21-11-6-12-22-32)35(53-44)29-52-40(47)31-19-9-5-10-20-31/h5-16,19-26,30,35,37-39,44H,17-18,27-29H2,1-4H3/t35?,37-,38-,39?,44+/m1/s1. The Morgan fingerprint density at radius 3 is 1.43 bits per heavy atom. The fraction of sp³-hybridized carbons (Fsp3) is 0.356. The van der Waals surface area contributed by atoms with Gasteiger partial charge in [-0.25, -0.2) is 19.2 Å². The number of carbonyl (C=O) groups is 5. The van der Waals surface area contributed by atoms with E-state index in [4.69, 9.17) is 28.4 Å². The van der Waals surface area contributed by atoms with E-state index in [2.05, 4.69) is 0 Å². The summed E-state index contributed by atoms with van der Waals surface area (Å²) in [7, 11) is 0. The summed E-state index contributed by atoms with van der Waals surface area (Å²) in [5.74, 6) is -2.76. The van der Waals surface area contributed by atoms with E-state index < -0.39 is 66.6 Å². The van der Waals surface area contributed by atoms with Crippen molar-refractivity contribution < 1.29 is 52.4 Å². The lowest BCUT2D eigenvalue weighted by Crippen LogP contribution is -2.63. The number of hydrogen-bond donors (Lipinski definition) is 0. The molecule has 0 radical (unpaired) electrons. The molecule has 2 unspecified atom stereocenters. The van der Waals surface area contributed by atoms with E-state index >= 15 is 0 Å². The average Bonchev–Trinajstić information content (AvgIpc) is 3.22. The quantitative estimate of drug-likeness (QED) is 0.0594. The molecule has 1 aliphatic heterocycles. The van der Waals surface area contributed by atoms with E-state index in [1.54, 1.807) is 121 Å². The van der Waals surface area contributed by atoms with Crippen molar-refractivity contribution in [3.8, 4) is 0 Å². The normalized spacial score (nSPS) is 19.4. The van der Waals surface area contributed by atoms with Crippen molar-refractivity contribution in [3.63, 3.8) is 0 Å². The van der Waals surface area contributed by atoms with Crippen molar-refractivity contribution in [3.05, 3.63) is 144 Å². The molecule has 56 heavy (non-hydrogen) atoms. The van der Waals surface area contributed by atoms with Crippen molar-refractivity contribution in [2.24, 2.45) is 11.3 Å². The minimum absolute atomic E-state index is 0.0593. The molecule has 11 nitrogen and oxygen atoms in total. The molecule has 4 aromatic rings. The first kappa shape index (κ1) is 41.5. The highest BCUT2D eigenvalue weighted by molar-refractivity contribution is 5.91. The van der Waals surface area contributed by atoms with Gasteiger partial charge in [0, 0.05) is 18.4 Å². The fourth-order valence-electron chi connectivity index (χ4n) is 5.89. The van der Waals surface area contributed by atoms with Crippen LogP contribution in [0.3, 0.4) is 0 Å². The van der Waals surface area contributed by atoms with Gasteiger partial charge in [-0.3, -0.25) is 4.79 Å². The number of benzene rings is 4. The van der Waals surface area contributed by atoms with E-state index in [1.807, 2.05) is 27.7 Å². The van der Waals surface area contributed by atoms with E-state index in [0.717, 1.165) is 0 Å². The largest absolute Gasteiger partial charge is 0.459 e. The second kappa shape index (κ2) is 19.8. The highest BCUT2D eigenvalue weighted by atomic mass is 16.7. The van der Waals surface area contributed by atoms with E-state index in [9.17, 15) is 24.0 Å². The summed E-state index contributed by atoms with van der Waals surface area (Å²) < 4.78 is 36.5. The zero-order valence-electron chi connectivity index (χ0n) is 32.0. The Hall–Kier alpha value is -5.65. The Morgan fingerprint density at radius 2 is 0.982 bits per heavy atom. The Morgan fingerprint density at radius 1 is 0.571 bits per heavy atom. The molecule has 0 spiro atoms. The average molecular weight is 765 g/mol. The SMILES string of the molecule is CC(C)C(C)(C)C(=O)CCCCO[C@H]1OC(COC(=O)c2ccccc2)[C@@H](OC(=O)c2ccccc2)[C@@H](OC(=O)c2ccccc2)C1OC(=O)c1ccccc1. The maximum Gasteiger partial charge on any atom is 0.338 e. The van der Waals surface area contributed by atoms with Gasteiger partial charge in [-0.15, -0.1) is 0 Å². The molecule has 294 valence electrons. The third-order valence-electron chi connectivity index (χ3n) is 9.98.